The van der Waals surface area contributed by atoms with Crippen LogP contribution in [0.2, 0.25) is 0 Å². The second-order valence-electron chi connectivity index (χ2n) is 5.23. The Morgan fingerprint density at radius 1 is 1.12 bits per heavy atom. The first-order valence-corrected chi connectivity index (χ1v) is 7.12. The lowest BCUT2D eigenvalue weighted by Gasteiger charge is -2.26. The molecule has 2 N–H and O–H groups in total. The maximum Gasteiger partial charge on any atom is 0.317 e. The van der Waals surface area contributed by atoms with Crippen molar-refractivity contribution >= 4 is 6.03 Å². The standard InChI is InChI=1S/C13H25N3O/c17-13(16-9-5-1-2-6-10-16)15-11-12-7-3-4-8-14-12/h12,14H,1-11H2,(H,15,17). The Labute approximate surface area is 104 Å². The van der Waals surface area contributed by atoms with Crippen LogP contribution in [0, 0.1) is 0 Å². The van der Waals surface area contributed by atoms with Crippen molar-refractivity contribution in [3.63, 3.8) is 0 Å². The first-order valence-electron chi connectivity index (χ1n) is 7.12. The number of nitrogens with one attached hydrogen (secondary N) is 2. The lowest BCUT2D eigenvalue weighted by molar-refractivity contribution is 0.197. The first-order chi connectivity index (χ1) is 8.36. The number of carbonyl (C=O) groups excluding carboxylic acids is 1. The predicted octanol–water partition coefficient (Wildman–Crippen LogP) is 1.71. The molecule has 2 heterocycles. The van der Waals surface area contributed by atoms with Gasteiger partial charge in [0.05, 0.1) is 0 Å². The van der Waals surface area contributed by atoms with Gasteiger partial charge in [-0.15, -0.1) is 0 Å². The molecule has 0 bridgehead atoms. The van der Waals surface area contributed by atoms with Crippen molar-refractivity contribution in [1.82, 2.24) is 15.5 Å². The molecule has 0 saturated carbocycles. The smallest absolute Gasteiger partial charge is 0.317 e. The number of hydrogen-bond donors (Lipinski definition) is 2. The van der Waals surface area contributed by atoms with Crippen molar-refractivity contribution < 1.29 is 4.79 Å². The highest BCUT2D eigenvalue weighted by atomic mass is 16.2. The number of piperidine rings is 1. The molecule has 1 atom stereocenters. The van der Waals surface area contributed by atoms with E-state index in [-0.39, 0.29) is 6.03 Å². The number of nitrogens with zero attached hydrogens (tertiary/aromatic N) is 1. The van der Waals surface area contributed by atoms with Crippen LogP contribution in [0.5, 0.6) is 0 Å². The number of rotatable bonds is 2. The van der Waals surface area contributed by atoms with Gasteiger partial charge < -0.3 is 15.5 Å². The third-order valence-corrected chi connectivity index (χ3v) is 3.81. The molecule has 2 saturated heterocycles. The van der Waals surface area contributed by atoms with Crippen molar-refractivity contribution in [1.29, 1.82) is 0 Å². The highest BCUT2D eigenvalue weighted by Crippen LogP contribution is 2.10. The van der Waals surface area contributed by atoms with Gasteiger partial charge in [-0.3, -0.25) is 0 Å². The Morgan fingerprint density at radius 3 is 2.53 bits per heavy atom. The van der Waals surface area contributed by atoms with Crippen LogP contribution < -0.4 is 10.6 Å². The lowest BCUT2D eigenvalue weighted by atomic mass is 10.1. The van der Waals surface area contributed by atoms with Crippen molar-refractivity contribution in [2.24, 2.45) is 0 Å². The Kier molecular flexibility index (Phi) is 5.10. The first kappa shape index (κ1) is 12.7. The van der Waals surface area contributed by atoms with E-state index in [0.717, 1.165) is 39.0 Å². The van der Waals surface area contributed by atoms with Crippen molar-refractivity contribution in [2.75, 3.05) is 26.2 Å². The summed E-state index contributed by atoms with van der Waals surface area (Å²) < 4.78 is 0. The van der Waals surface area contributed by atoms with Gasteiger partial charge >= 0.3 is 6.03 Å². The van der Waals surface area contributed by atoms with E-state index in [1.807, 2.05) is 4.90 Å². The summed E-state index contributed by atoms with van der Waals surface area (Å²) in [7, 11) is 0. The number of urea groups is 1. The predicted molar refractivity (Wildman–Crippen MR) is 69.1 cm³/mol. The highest BCUT2D eigenvalue weighted by Gasteiger charge is 2.17. The molecule has 2 rings (SSSR count). The Morgan fingerprint density at radius 2 is 1.88 bits per heavy atom. The van der Waals surface area contributed by atoms with E-state index < -0.39 is 0 Å². The molecule has 0 aliphatic carbocycles. The maximum absolute atomic E-state index is 12.0. The van der Waals surface area contributed by atoms with E-state index >= 15 is 0 Å². The van der Waals surface area contributed by atoms with Crippen molar-refractivity contribution in [2.45, 2.75) is 51.0 Å². The molecule has 4 nitrogen and oxygen atoms in total. The minimum absolute atomic E-state index is 0.138. The summed E-state index contributed by atoms with van der Waals surface area (Å²) in [5.74, 6) is 0. The SMILES string of the molecule is O=C(NCC1CCCCN1)N1CCCCCC1. The summed E-state index contributed by atoms with van der Waals surface area (Å²) in [5.41, 5.74) is 0. The highest BCUT2D eigenvalue weighted by molar-refractivity contribution is 5.74. The van der Waals surface area contributed by atoms with Gasteiger partial charge in [-0.2, -0.15) is 0 Å². The molecule has 98 valence electrons. The largest absolute Gasteiger partial charge is 0.336 e. The van der Waals surface area contributed by atoms with Crippen LogP contribution in [0.4, 0.5) is 4.79 Å². The van der Waals surface area contributed by atoms with Crippen LogP contribution in [0.3, 0.4) is 0 Å². The van der Waals surface area contributed by atoms with Crippen LogP contribution in [-0.4, -0.2) is 43.2 Å². The van der Waals surface area contributed by atoms with Gasteiger partial charge in [-0.1, -0.05) is 19.3 Å². The molecule has 0 aromatic rings. The summed E-state index contributed by atoms with van der Waals surface area (Å²) in [4.78, 5) is 14.0. The minimum Gasteiger partial charge on any atom is -0.336 e. The molecule has 0 aromatic heterocycles. The van der Waals surface area contributed by atoms with E-state index in [1.54, 1.807) is 0 Å². The molecular weight excluding hydrogens is 214 g/mol. The summed E-state index contributed by atoms with van der Waals surface area (Å²) in [6.45, 7) is 3.76. The second-order valence-corrected chi connectivity index (χ2v) is 5.23. The molecule has 0 aromatic carbocycles. The topological polar surface area (TPSA) is 44.4 Å². The molecule has 1 unspecified atom stereocenters. The molecule has 2 amide bonds. The Balaban J connectivity index is 1.68. The fourth-order valence-corrected chi connectivity index (χ4v) is 2.69. The molecule has 2 fully saturated rings. The molecule has 17 heavy (non-hydrogen) atoms. The summed E-state index contributed by atoms with van der Waals surface area (Å²) in [6, 6.07) is 0.624. The van der Waals surface area contributed by atoms with Crippen LogP contribution in [0.1, 0.15) is 44.9 Å². The van der Waals surface area contributed by atoms with Crippen LogP contribution in [0.15, 0.2) is 0 Å². The van der Waals surface area contributed by atoms with E-state index in [2.05, 4.69) is 10.6 Å². The average molecular weight is 239 g/mol. The van der Waals surface area contributed by atoms with Crippen molar-refractivity contribution in [3.05, 3.63) is 0 Å². The van der Waals surface area contributed by atoms with E-state index in [1.165, 1.54) is 32.1 Å². The van der Waals surface area contributed by atoms with Gasteiger partial charge in [-0.05, 0) is 32.2 Å². The van der Waals surface area contributed by atoms with Gasteiger partial charge in [0, 0.05) is 25.7 Å². The van der Waals surface area contributed by atoms with Crippen LogP contribution in [0.25, 0.3) is 0 Å². The zero-order chi connectivity index (χ0) is 11.9. The fraction of sp³-hybridized carbons (Fsp3) is 0.923. The van der Waals surface area contributed by atoms with E-state index in [4.69, 9.17) is 0 Å². The third-order valence-electron chi connectivity index (χ3n) is 3.81. The average Bonchev–Trinajstić information content (AvgIpc) is 2.66. The minimum atomic E-state index is 0.138. The number of likely N-dealkylation sites (tertiary alicyclic amines) is 1. The molecular formula is C13H25N3O. The number of carbonyl (C=O) groups is 1. The second kappa shape index (κ2) is 6.84. The molecule has 0 radical (unpaired) electrons. The van der Waals surface area contributed by atoms with Crippen LogP contribution in [-0.2, 0) is 0 Å². The number of hydrogen-bond acceptors (Lipinski definition) is 2. The monoisotopic (exact) mass is 239 g/mol. The maximum atomic E-state index is 12.0. The van der Waals surface area contributed by atoms with Gasteiger partial charge in [0.15, 0.2) is 0 Å². The third kappa shape index (κ3) is 4.19. The van der Waals surface area contributed by atoms with Crippen molar-refractivity contribution in [3.8, 4) is 0 Å². The summed E-state index contributed by atoms with van der Waals surface area (Å²) >= 11 is 0. The molecule has 0 spiro atoms. The lowest BCUT2D eigenvalue weighted by Crippen LogP contribution is -2.47. The van der Waals surface area contributed by atoms with E-state index in [0.29, 0.717) is 6.04 Å². The fourth-order valence-electron chi connectivity index (χ4n) is 2.69. The van der Waals surface area contributed by atoms with Gasteiger partial charge in [0.2, 0.25) is 0 Å². The Bertz CT molecular complexity index is 231. The summed E-state index contributed by atoms with van der Waals surface area (Å²) in [6.07, 6.45) is 8.63. The van der Waals surface area contributed by atoms with Gasteiger partial charge in [0.25, 0.3) is 0 Å². The zero-order valence-corrected chi connectivity index (χ0v) is 10.7. The normalized spacial score (nSPS) is 26.4. The molecule has 4 heteroatoms. The van der Waals surface area contributed by atoms with E-state index in [9.17, 15) is 4.79 Å². The molecule has 2 aliphatic heterocycles. The molecule has 2 aliphatic rings. The van der Waals surface area contributed by atoms with Gasteiger partial charge in [-0.25, -0.2) is 4.79 Å². The van der Waals surface area contributed by atoms with Gasteiger partial charge in [0.1, 0.15) is 0 Å². The summed E-state index contributed by atoms with van der Waals surface area (Å²) in [5, 5.41) is 6.53. The quantitative estimate of drug-likeness (QED) is 0.770. The Hall–Kier alpha value is -0.770. The number of amides is 2. The zero-order valence-electron chi connectivity index (χ0n) is 10.7. The van der Waals surface area contributed by atoms with Crippen LogP contribution >= 0.6 is 0 Å².